The summed E-state index contributed by atoms with van der Waals surface area (Å²) in [6.07, 6.45) is 4.08. The Morgan fingerprint density at radius 3 is 2.69 bits per heavy atom. The van der Waals surface area contributed by atoms with Gasteiger partial charge in [-0.25, -0.2) is 19.3 Å². The van der Waals surface area contributed by atoms with Gasteiger partial charge in [-0.3, -0.25) is 0 Å². The molecule has 9 heteroatoms. The topological polar surface area (TPSA) is 69.7 Å². The molecule has 2 fully saturated rings. The van der Waals surface area contributed by atoms with Gasteiger partial charge in [-0.15, -0.1) is 0 Å². The van der Waals surface area contributed by atoms with Crippen LogP contribution in [-0.2, 0) is 0 Å². The first-order valence-corrected chi connectivity index (χ1v) is 11.3. The number of hydrogen-bond acceptors (Lipinski definition) is 8. The summed E-state index contributed by atoms with van der Waals surface area (Å²) in [6.45, 7) is 5.12. The largest absolute Gasteiger partial charge is 0.475 e. The van der Waals surface area contributed by atoms with Crippen LogP contribution in [0.4, 0.5) is 16.0 Å². The quantitative estimate of drug-likeness (QED) is 0.608. The smallest absolute Gasteiger partial charge is 0.225 e. The molecule has 0 spiro atoms. The van der Waals surface area contributed by atoms with Crippen molar-refractivity contribution >= 4 is 33.4 Å². The van der Waals surface area contributed by atoms with Gasteiger partial charge in [-0.1, -0.05) is 0 Å². The van der Waals surface area contributed by atoms with E-state index >= 15 is 0 Å². The minimum Gasteiger partial charge on any atom is -0.475 e. The van der Waals surface area contributed by atoms with Gasteiger partial charge in [0, 0.05) is 64.0 Å². The van der Waals surface area contributed by atoms with Crippen molar-refractivity contribution in [2.24, 2.45) is 0 Å². The number of piperazine rings is 1. The Kier molecular flexibility index (Phi) is 5.69. The zero-order chi connectivity index (χ0) is 22.2. The normalized spacial score (nSPS) is 19.8. The van der Waals surface area contributed by atoms with Crippen molar-refractivity contribution in [3.05, 3.63) is 24.1 Å². The highest BCUT2D eigenvalue weighted by Crippen LogP contribution is 2.34. The molecule has 1 aromatic carbocycles. The van der Waals surface area contributed by atoms with E-state index < -0.39 is 0 Å². The predicted octanol–water partition coefficient (Wildman–Crippen LogP) is 2.27. The summed E-state index contributed by atoms with van der Waals surface area (Å²) in [5, 5.41) is 4.91. The first kappa shape index (κ1) is 21.1. The highest BCUT2D eigenvalue weighted by Gasteiger charge is 2.23. The van der Waals surface area contributed by atoms with E-state index in [1.54, 1.807) is 11.1 Å². The Bertz CT molecular complexity index is 1130. The van der Waals surface area contributed by atoms with E-state index in [0.29, 0.717) is 35.7 Å². The van der Waals surface area contributed by atoms with Crippen LogP contribution in [0.15, 0.2) is 18.3 Å². The number of likely N-dealkylation sites (tertiary alicyclic amines) is 1. The van der Waals surface area contributed by atoms with Gasteiger partial charge in [0.1, 0.15) is 12.4 Å². The number of nitrogens with one attached hydrogen (secondary N) is 1. The third kappa shape index (κ3) is 3.91. The monoisotopic (exact) mass is 439 g/mol. The maximum atomic E-state index is 14.8. The Hall–Kier alpha value is -2.78. The molecule has 0 bridgehead atoms. The highest BCUT2D eigenvalue weighted by molar-refractivity contribution is 6.06. The van der Waals surface area contributed by atoms with Crippen LogP contribution < -0.4 is 19.9 Å². The molecule has 32 heavy (non-hydrogen) atoms. The zero-order valence-corrected chi connectivity index (χ0v) is 18.9. The van der Waals surface area contributed by atoms with Gasteiger partial charge < -0.3 is 24.8 Å². The van der Waals surface area contributed by atoms with Crippen molar-refractivity contribution < 1.29 is 9.13 Å². The lowest BCUT2D eigenvalue weighted by Gasteiger charge is -2.27. The van der Waals surface area contributed by atoms with Crippen LogP contribution in [0.2, 0.25) is 0 Å². The molecule has 3 aromatic rings. The molecule has 0 saturated carbocycles. The van der Waals surface area contributed by atoms with Crippen molar-refractivity contribution in [1.82, 2.24) is 25.2 Å². The molecule has 170 valence electrons. The summed E-state index contributed by atoms with van der Waals surface area (Å²) in [5.41, 5.74) is 1.79. The number of likely N-dealkylation sites (N-methyl/N-ethyl adjacent to an activating group) is 1. The molecule has 2 aliphatic heterocycles. The fourth-order valence-corrected chi connectivity index (χ4v) is 4.57. The zero-order valence-electron chi connectivity index (χ0n) is 18.9. The van der Waals surface area contributed by atoms with Crippen molar-refractivity contribution in [2.45, 2.75) is 18.9 Å². The van der Waals surface area contributed by atoms with Crippen LogP contribution in [0.1, 0.15) is 12.8 Å². The van der Waals surface area contributed by atoms with Crippen molar-refractivity contribution in [3.63, 3.8) is 0 Å². The van der Waals surface area contributed by atoms with E-state index in [1.807, 2.05) is 20.2 Å². The van der Waals surface area contributed by atoms with E-state index in [2.05, 4.69) is 32.1 Å². The summed E-state index contributed by atoms with van der Waals surface area (Å²) in [7, 11) is 5.78. The maximum absolute atomic E-state index is 14.8. The van der Waals surface area contributed by atoms with Crippen molar-refractivity contribution in [3.8, 4) is 5.88 Å². The third-order valence-electron chi connectivity index (χ3n) is 6.51. The average Bonchev–Trinajstić information content (AvgIpc) is 3.21. The summed E-state index contributed by atoms with van der Waals surface area (Å²) >= 11 is 0. The van der Waals surface area contributed by atoms with Crippen molar-refractivity contribution in [2.75, 3.05) is 70.3 Å². The molecular formula is C23H30FN7O. The van der Waals surface area contributed by atoms with Crippen LogP contribution in [0.25, 0.3) is 21.8 Å². The molecule has 1 unspecified atom stereocenters. The molecule has 1 N–H and O–H groups in total. The average molecular weight is 440 g/mol. The number of pyridine rings is 1. The number of nitrogens with zero attached hydrogens (tertiary/aromatic N) is 6. The van der Waals surface area contributed by atoms with Gasteiger partial charge >= 0.3 is 0 Å². The molecule has 4 heterocycles. The first-order chi connectivity index (χ1) is 15.5. The molecule has 0 aliphatic carbocycles. The number of benzene rings is 1. The molecule has 0 radical (unpaired) electrons. The SMILES string of the molecule is CN(C)c1cc2c(cc1F)nc(OCC1CCCN1C)c1cnc(N3CCNCC3)nc12. The second-order valence-corrected chi connectivity index (χ2v) is 8.89. The molecule has 2 saturated heterocycles. The fourth-order valence-electron chi connectivity index (χ4n) is 4.57. The molecule has 2 aromatic heterocycles. The fraction of sp³-hybridized carbons (Fsp3) is 0.522. The van der Waals surface area contributed by atoms with Gasteiger partial charge in [0.15, 0.2) is 0 Å². The van der Waals surface area contributed by atoms with E-state index in [-0.39, 0.29) is 5.82 Å². The summed E-state index contributed by atoms with van der Waals surface area (Å²) < 4.78 is 21.0. The Morgan fingerprint density at radius 1 is 1.16 bits per heavy atom. The minimum atomic E-state index is -0.313. The number of anilines is 2. The van der Waals surface area contributed by atoms with Crippen LogP contribution in [0, 0.1) is 5.82 Å². The minimum absolute atomic E-state index is 0.313. The molecule has 2 aliphatic rings. The predicted molar refractivity (Wildman–Crippen MR) is 125 cm³/mol. The second kappa shape index (κ2) is 8.63. The summed E-state index contributed by atoms with van der Waals surface area (Å²) in [4.78, 5) is 20.5. The number of rotatable bonds is 5. The Morgan fingerprint density at radius 2 is 1.97 bits per heavy atom. The van der Waals surface area contributed by atoms with E-state index in [9.17, 15) is 4.39 Å². The number of ether oxygens (including phenoxy) is 1. The first-order valence-electron chi connectivity index (χ1n) is 11.3. The second-order valence-electron chi connectivity index (χ2n) is 8.89. The van der Waals surface area contributed by atoms with E-state index in [0.717, 1.165) is 55.4 Å². The molecular weight excluding hydrogens is 409 g/mol. The standard InChI is InChI=1S/C23H30FN7O/c1-29(2)20-11-16-19(12-18(20)24)27-22(32-14-15-5-4-8-30(15)3)17-13-26-23(28-21(16)17)31-9-6-25-7-10-31/h11-13,15,25H,4-10,14H2,1-3H3. The van der Waals surface area contributed by atoms with Gasteiger partial charge in [-0.2, -0.15) is 0 Å². The lowest BCUT2D eigenvalue weighted by molar-refractivity contribution is 0.195. The molecule has 8 nitrogen and oxygen atoms in total. The number of fused-ring (bicyclic) bond motifs is 3. The lowest BCUT2D eigenvalue weighted by atomic mass is 10.1. The number of aromatic nitrogens is 3. The van der Waals surface area contributed by atoms with E-state index in [4.69, 9.17) is 9.72 Å². The lowest BCUT2D eigenvalue weighted by Crippen LogP contribution is -2.44. The third-order valence-corrected chi connectivity index (χ3v) is 6.51. The Balaban J connectivity index is 1.62. The highest BCUT2D eigenvalue weighted by atomic mass is 19.1. The maximum Gasteiger partial charge on any atom is 0.225 e. The van der Waals surface area contributed by atoms with Gasteiger partial charge in [0.25, 0.3) is 0 Å². The number of hydrogen-bond donors (Lipinski definition) is 1. The van der Waals surface area contributed by atoms with Gasteiger partial charge in [-0.05, 0) is 32.5 Å². The van der Waals surface area contributed by atoms with E-state index in [1.165, 1.54) is 12.5 Å². The van der Waals surface area contributed by atoms with Crippen LogP contribution in [-0.4, -0.2) is 86.4 Å². The van der Waals surface area contributed by atoms with Crippen molar-refractivity contribution in [1.29, 1.82) is 0 Å². The van der Waals surface area contributed by atoms with Gasteiger partial charge in [0.05, 0.1) is 22.1 Å². The van der Waals surface area contributed by atoms with Crippen LogP contribution >= 0.6 is 0 Å². The molecule has 0 amide bonds. The molecule has 5 rings (SSSR count). The van der Waals surface area contributed by atoms with Crippen LogP contribution in [0.5, 0.6) is 5.88 Å². The summed E-state index contributed by atoms with van der Waals surface area (Å²) in [6, 6.07) is 3.66. The Labute approximate surface area is 187 Å². The summed E-state index contributed by atoms with van der Waals surface area (Å²) in [5.74, 6) is 0.840. The molecule has 1 atom stereocenters. The van der Waals surface area contributed by atoms with Gasteiger partial charge in [0.2, 0.25) is 11.8 Å². The van der Waals surface area contributed by atoms with Crippen LogP contribution in [0.3, 0.4) is 0 Å². The number of halogens is 1.